The van der Waals surface area contributed by atoms with Gasteiger partial charge < -0.3 is 5.32 Å². The number of nitrogens with one attached hydrogen (secondary N) is 1. The van der Waals surface area contributed by atoms with E-state index >= 15 is 0 Å². The molecule has 2 heterocycles. The summed E-state index contributed by atoms with van der Waals surface area (Å²) >= 11 is 1.31. The fraction of sp³-hybridized carbons (Fsp3) is 0.571. The minimum atomic E-state index is -3.32. The van der Waals surface area contributed by atoms with Crippen molar-refractivity contribution in [3.8, 4) is 0 Å². The quantitative estimate of drug-likeness (QED) is 0.850. The first-order valence-corrected chi connectivity index (χ1v) is 9.18. The van der Waals surface area contributed by atoms with Gasteiger partial charge in [-0.1, -0.05) is 25.5 Å². The molecule has 0 saturated carbocycles. The van der Waals surface area contributed by atoms with E-state index in [4.69, 9.17) is 0 Å². The molecule has 1 aromatic rings. The third-order valence-corrected chi connectivity index (χ3v) is 6.67. The molecule has 0 fully saturated rings. The Kier molecular flexibility index (Phi) is 5.01. The van der Waals surface area contributed by atoms with Crippen molar-refractivity contribution in [3.05, 3.63) is 28.7 Å². The number of hydrogen-bond donors (Lipinski definition) is 1. The van der Waals surface area contributed by atoms with Gasteiger partial charge >= 0.3 is 0 Å². The maximum absolute atomic E-state index is 12.5. The standard InChI is InChI=1S/C14H22N2O2S2/c1-11(2)15-9-13-8-14(19-10-13)20(17,18)16-6-4-12(3)5-7-16/h4,8,10-11,15H,5-7,9H2,1-3H3. The summed E-state index contributed by atoms with van der Waals surface area (Å²) < 4.78 is 27.1. The minimum Gasteiger partial charge on any atom is -0.310 e. The number of nitrogens with zero attached hydrogens (tertiary/aromatic N) is 1. The molecule has 1 N–H and O–H groups in total. The third-order valence-electron chi connectivity index (χ3n) is 3.34. The van der Waals surface area contributed by atoms with E-state index in [2.05, 4.69) is 19.2 Å². The lowest BCUT2D eigenvalue weighted by atomic mass is 10.1. The second-order valence-corrected chi connectivity index (χ2v) is 8.55. The molecule has 2 rings (SSSR count). The summed E-state index contributed by atoms with van der Waals surface area (Å²) in [7, 11) is -3.32. The average molecular weight is 314 g/mol. The Hall–Kier alpha value is -0.690. The second-order valence-electron chi connectivity index (χ2n) is 5.47. The highest BCUT2D eigenvalue weighted by atomic mass is 32.2. The summed E-state index contributed by atoms with van der Waals surface area (Å²) in [5.74, 6) is 0. The zero-order valence-electron chi connectivity index (χ0n) is 12.2. The highest BCUT2D eigenvalue weighted by Crippen LogP contribution is 2.26. The first-order chi connectivity index (χ1) is 9.39. The Morgan fingerprint density at radius 2 is 2.20 bits per heavy atom. The van der Waals surface area contributed by atoms with Crippen LogP contribution >= 0.6 is 11.3 Å². The molecular weight excluding hydrogens is 292 g/mol. The van der Waals surface area contributed by atoms with Gasteiger partial charge in [0.1, 0.15) is 4.21 Å². The van der Waals surface area contributed by atoms with Crippen molar-refractivity contribution in [1.82, 2.24) is 9.62 Å². The van der Waals surface area contributed by atoms with E-state index in [0.717, 1.165) is 12.0 Å². The molecule has 0 aromatic carbocycles. The predicted molar refractivity (Wildman–Crippen MR) is 83.4 cm³/mol. The van der Waals surface area contributed by atoms with Gasteiger partial charge in [-0.05, 0) is 30.4 Å². The molecule has 6 heteroatoms. The third kappa shape index (κ3) is 3.69. The molecule has 0 atom stereocenters. The normalized spacial score (nSPS) is 17.5. The molecule has 1 aromatic heterocycles. The molecule has 0 bridgehead atoms. The van der Waals surface area contributed by atoms with Crippen LogP contribution in [0.25, 0.3) is 0 Å². The first kappa shape index (κ1) is 15.7. The van der Waals surface area contributed by atoms with E-state index in [0.29, 0.717) is 29.9 Å². The first-order valence-electron chi connectivity index (χ1n) is 6.86. The average Bonchev–Trinajstić information content (AvgIpc) is 2.86. The number of sulfonamides is 1. The molecule has 1 aliphatic rings. The highest BCUT2D eigenvalue weighted by molar-refractivity contribution is 7.91. The smallest absolute Gasteiger partial charge is 0.252 e. The van der Waals surface area contributed by atoms with Crippen LogP contribution in [0.4, 0.5) is 0 Å². The van der Waals surface area contributed by atoms with Gasteiger partial charge in [0, 0.05) is 25.7 Å². The van der Waals surface area contributed by atoms with Gasteiger partial charge in [0.05, 0.1) is 0 Å². The van der Waals surface area contributed by atoms with E-state index in [1.807, 2.05) is 18.4 Å². The topological polar surface area (TPSA) is 49.4 Å². The van der Waals surface area contributed by atoms with Crippen LogP contribution in [0.3, 0.4) is 0 Å². The largest absolute Gasteiger partial charge is 0.310 e. The second kappa shape index (κ2) is 6.39. The summed E-state index contributed by atoms with van der Waals surface area (Å²) in [5.41, 5.74) is 2.30. The van der Waals surface area contributed by atoms with Crippen molar-refractivity contribution in [3.63, 3.8) is 0 Å². The lowest BCUT2D eigenvalue weighted by molar-refractivity contribution is 0.432. The van der Waals surface area contributed by atoms with Crippen LogP contribution in [0.5, 0.6) is 0 Å². The van der Waals surface area contributed by atoms with E-state index in [1.54, 1.807) is 10.4 Å². The molecular formula is C14H22N2O2S2. The van der Waals surface area contributed by atoms with Gasteiger partial charge in [-0.2, -0.15) is 4.31 Å². The van der Waals surface area contributed by atoms with Crippen molar-refractivity contribution in [2.75, 3.05) is 13.1 Å². The fourth-order valence-corrected chi connectivity index (χ4v) is 4.74. The van der Waals surface area contributed by atoms with Gasteiger partial charge in [-0.15, -0.1) is 11.3 Å². The van der Waals surface area contributed by atoms with Crippen LogP contribution < -0.4 is 5.32 Å². The SMILES string of the molecule is CC1=CCN(S(=O)(=O)c2cc(CNC(C)C)cs2)CC1. The summed E-state index contributed by atoms with van der Waals surface area (Å²) in [6.45, 7) is 7.99. The molecule has 0 spiro atoms. The molecule has 0 unspecified atom stereocenters. The Morgan fingerprint density at radius 3 is 2.80 bits per heavy atom. The monoisotopic (exact) mass is 314 g/mol. The minimum absolute atomic E-state index is 0.394. The van der Waals surface area contributed by atoms with Crippen molar-refractivity contribution in [1.29, 1.82) is 0 Å². The molecule has 1 aliphatic heterocycles. The Morgan fingerprint density at radius 1 is 1.45 bits per heavy atom. The molecule has 0 amide bonds. The molecule has 20 heavy (non-hydrogen) atoms. The molecule has 0 saturated heterocycles. The lowest BCUT2D eigenvalue weighted by Crippen LogP contribution is -2.34. The van der Waals surface area contributed by atoms with Gasteiger partial charge in [0.2, 0.25) is 0 Å². The van der Waals surface area contributed by atoms with Crippen LogP contribution in [0, 0.1) is 0 Å². The molecule has 112 valence electrons. The zero-order valence-corrected chi connectivity index (χ0v) is 13.9. The van der Waals surface area contributed by atoms with Gasteiger partial charge in [-0.25, -0.2) is 8.42 Å². The summed E-state index contributed by atoms with van der Waals surface area (Å²) in [4.78, 5) is 0. The van der Waals surface area contributed by atoms with Gasteiger partial charge in [0.25, 0.3) is 10.0 Å². The van der Waals surface area contributed by atoms with Gasteiger partial charge in [-0.3, -0.25) is 0 Å². The zero-order chi connectivity index (χ0) is 14.8. The van der Waals surface area contributed by atoms with Crippen LogP contribution in [-0.4, -0.2) is 31.9 Å². The lowest BCUT2D eigenvalue weighted by Gasteiger charge is -2.23. The summed E-state index contributed by atoms with van der Waals surface area (Å²) in [6.07, 6.45) is 2.82. The van der Waals surface area contributed by atoms with Crippen LogP contribution in [0.1, 0.15) is 32.8 Å². The summed E-state index contributed by atoms with van der Waals surface area (Å²) in [5, 5.41) is 5.22. The maximum atomic E-state index is 12.5. The molecule has 4 nitrogen and oxygen atoms in total. The van der Waals surface area contributed by atoms with Crippen molar-refractivity contribution < 1.29 is 8.42 Å². The van der Waals surface area contributed by atoms with Crippen molar-refractivity contribution in [2.24, 2.45) is 0 Å². The van der Waals surface area contributed by atoms with Crippen LogP contribution in [0.15, 0.2) is 27.3 Å². The van der Waals surface area contributed by atoms with E-state index in [-0.39, 0.29) is 0 Å². The Balaban J connectivity index is 2.10. The Labute approximate surface area is 125 Å². The maximum Gasteiger partial charge on any atom is 0.252 e. The van der Waals surface area contributed by atoms with Crippen LogP contribution in [-0.2, 0) is 16.6 Å². The summed E-state index contributed by atoms with van der Waals surface area (Å²) in [6, 6.07) is 2.19. The van der Waals surface area contributed by atoms with E-state index in [9.17, 15) is 8.42 Å². The number of thiophene rings is 1. The van der Waals surface area contributed by atoms with Crippen LogP contribution in [0.2, 0.25) is 0 Å². The fourth-order valence-electron chi connectivity index (χ4n) is 2.00. The molecule has 0 aliphatic carbocycles. The van der Waals surface area contributed by atoms with Gasteiger partial charge in [0.15, 0.2) is 0 Å². The van der Waals surface area contributed by atoms with Crippen molar-refractivity contribution >= 4 is 21.4 Å². The highest BCUT2D eigenvalue weighted by Gasteiger charge is 2.26. The van der Waals surface area contributed by atoms with E-state index < -0.39 is 10.0 Å². The van der Waals surface area contributed by atoms with Crippen molar-refractivity contribution in [2.45, 2.75) is 44.0 Å². The molecule has 0 radical (unpaired) electrons. The number of hydrogen-bond acceptors (Lipinski definition) is 4. The van der Waals surface area contributed by atoms with E-state index in [1.165, 1.54) is 16.9 Å². The predicted octanol–water partition coefficient (Wildman–Crippen LogP) is 2.59. The Bertz CT molecular complexity index is 588. The number of rotatable bonds is 5.